The number of hydrogen-bond acceptors (Lipinski definition) is 3. The van der Waals surface area contributed by atoms with Crippen molar-refractivity contribution in [3.63, 3.8) is 0 Å². The molecule has 0 aliphatic rings. The number of halogens is 1. The predicted octanol–water partition coefficient (Wildman–Crippen LogP) is 4.07. The summed E-state index contributed by atoms with van der Waals surface area (Å²) in [5.41, 5.74) is 1.38. The first-order valence-corrected chi connectivity index (χ1v) is 5.93. The standard InChI is InChI=1S/C14H11ClO3/c1-8-4-10(7-17-8)14(16)13-6-9-5-11(15)2-3-12(9)18-13/h2-7,14,16H,1H3. The van der Waals surface area contributed by atoms with Gasteiger partial charge in [-0.05, 0) is 37.3 Å². The highest BCUT2D eigenvalue weighted by Crippen LogP contribution is 2.30. The molecule has 3 nitrogen and oxygen atoms in total. The molecule has 0 spiro atoms. The number of aliphatic hydroxyl groups excluding tert-OH is 1. The van der Waals surface area contributed by atoms with E-state index in [1.807, 2.05) is 6.92 Å². The zero-order chi connectivity index (χ0) is 12.7. The molecule has 1 aromatic carbocycles. The lowest BCUT2D eigenvalue weighted by molar-refractivity contribution is 0.191. The summed E-state index contributed by atoms with van der Waals surface area (Å²) in [6, 6.07) is 8.91. The molecular formula is C14H11ClO3. The van der Waals surface area contributed by atoms with Crippen LogP contribution in [-0.4, -0.2) is 5.11 Å². The van der Waals surface area contributed by atoms with Crippen LogP contribution in [-0.2, 0) is 0 Å². The minimum absolute atomic E-state index is 0.480. The Morgan fingerprint density at radius 2 is 2.06 bits per heavy atom. The Morgan fingerprint density at radius 3 is 2.78 bits per heavy atom. The molecule has 1 N–H and O–H groups in total. The minimum atomic E-state index is -0.825. The average Bonchev–Trinajstić information content (AvgIpc) is 2.93. The largest absolute Gasteiger partial charge is 0.469 e. The van der Waals surface area contributed by atoms with Crippen molar-refractivity contribution in [3.8, 4) is 0 Å². The molecular weight excluding hydrogens is 252 g/mol. The van der Waals surface area contributed by atoms with Crippen molar-refractivity contribution in [2.45, 2.75) is 13.0 Å². The molecule has 3 rings (SSSR count). The van der Waals surface area contributed by atoms with Gasteiger partial charge in [0.05, 0.1) is 6.26 Å². The van der Waals surface area contributed by atoms with Gasteiger partial charge in [-0.3, -0.25) is 0 Å². The van der Waals surface area contributed by atoms with Crippen molar-refractivity contribution in [2.75, 3.05) is 0 Å². The molecule has 0 saturated carbocycles. The van der Waals surface area contributed by atoms with E-state index in [1.54, 1.807) is 30.3 Å². The quantitative estimate of drug-likeness (QED) is 0.757. The van der Waals surface area contributed by atoms with Gasteiger partial charge in [-0.2, -0.15) is 0 Å². The Morgan fingerprint density at radius 1 is 1.22 bits per heavy atom. The van der Waals surface area contributed by atoms with Crippen molar-refractivity contribution >= 4 is 22.6 Å². The minimum Gasteiger partial charge on any atom is -0.469 e. The Bertz CT molecular complexity index is 696. The molecule has 2 heterocycles. The predicted molar refractivity (Wildman–Crippen MR) is 68.7 cm³/mol. The SMILES string of the molecule is Cc1cc(C(O)c2cc3cc(Cl)ccc3o2)co1. The highest BCUT2D eigenvalue weighted by molar-refractivity contribution is 6.31. The molecule has 3 aromatic rings. The third-order valence-corrected chi connectivity index (χ3v) is 3.07. The Labute approximate surface area is 109 Å². The number of benzene rings is 1. The van der Waals surface area contributed by atoms with E-state index in [1.165, 1.54) is 6.26 Å². The molecule has 0 fully saturated rings. The van der Waals surface area contributed by atoms with Gasteiger partial charge in [0.25, 0.3) is 0 Å². The number of furan rings is 2. The maximum Gasteiger partial charge on any atom is 0.140 e. The van der Waals surface area contributed by atoms with E-state index in [-0.39, 0.29) is 0 Å². The zero-order valence-corrected chi connectivity index (χ0v) is 10.4. The number of aryl methyl sites for hydroxylation is 1. The highest BCUT2D eigenvalue weighted by Gasteiger charge is 2.17. The maximum atomic E-state index is 10.2. The molecule has 0 aliphatic carbocycles. The van der Waals surface area contributed by atoms with Crippen molar-refractivity contribution in [2.24, 2.45) is 0 Å². The molecule has 1 atom stereocenters. The summed E-state index contributed by atoms with van der Waals surface area (Å²) in [6.07, 6.45) is 0.703. The van der Waals surface area contributed by atoms with E-state index < -0.39 is 6.10 Å². The van der Waals surface area contributed by atoms with Crippen LogP contribution in [0.2, 0.25) is 5.02 Å². The van der Waals surface area contributed by atoms with Crippen molar-refractivity contribution in [3.05, 3.63) is 58.7 Å². The molecule has 0 aliphatic heterocycles. The van der Waals surface area contributed by atoms with Gasteiger partial charge in [0, 0.05) is 16.0 Å². The summed E-state index contributed by atoms with van der Waals surface area (Å²) >= 11 is 5.91. The Kier molecular flexibility index (Phi) is 2.65. The van der Waals surface area contributed by atoms with Crippen LogP contribution < -0.4 is 0 Å². The van der Waals surface area contributed by atoms with Crippen LogP contribution in [0, 0.1) is 6.92 Å². The van der Waals surface area contributed by atoms with Crippen LogP contribution in [0.5, 0.6) is 0 Å². The molecule has 0 amide bonds. The summed E-state index contributed by atoms with van der Waals surface area (Å²) in [4.78, 5) is 0. The summed E-state index contributed by atoms with van der Waals surface area (Å²) in [5.74, 6) is 1.23. The Hall–Kier alpha value is -1.71. The summed E-state index contributed by atoms with van der Waals surface area (Å²) < 4.78 is 10.8. The van der Waals surface area contributed by atoms with Crippen LogP contribution in [0.4, 0.5) is 0 Å². The second kappa shape index (κ2) is 4.19. The van der Waals surface area contributed by atoms with E-state index in [0.29, 0.717) is 21.9 Å². The van der Waals surface area contributed by atoms with Gasteiger partial charge in [0.1, 0.15) is 23.2 Å². The van der Waals surface area contributed by atoms with Crippen molar-refractivity contribution < 1.29 is 13.9 Å². The first-order valence-electron chi connectivity index (χ1n) is 5.55. The lowest BCUT2D eigenvalue weighted by atomic mass is 10.1. The van der Waals surface area contributed by atoms with Crippen LogP contribution in [0.1, 0.15) is 23.2 Å². The normalized spacial score (nSPS) is 13.1. The van der Waals surface area contributed by atoms with Gasteiger partial charge in [0.2, 0.25) is 0 Å². The fourth-order valence-corrected chi connectivity index (χ4v) is 2.12. The molecule has 0 bridgehead atoms. The first kappa shape index (κ1) is 11.4. The van der Waals surface area contributed by atoms with E-state index in [0.717, 1.165) is 11.1 Å². The number of aliphatic hydroxyl groups is 1. The third-order valence-electron chi connectivity index (χ3n) is 2.83. The molecule has 0 saturated heterocycles. The zero-order valence-electron chi connectivity index (χ0n) is 9.68. The van der Waals surface area contributed by atoms with Gasteiger partial charge in [-0.25, -0.2) is 0 Å². The van der Waals surface area contributed by atoms with Gasteiger partial charge in [-0.15, -0.1) is 0 Å². The smallest absolute Gasteiger partial charge is 0.140 e. The van der Waals surface area contributed by atoms with E-state index in [2.05, 4.69) is 0 Å². The number of rotatable bonds is 2. The highest BCUT2D eigenvalue weighted by atomic mass is 35.5. The fraction of sp³-hybridized carbons (Fsp3) is 0.143. The lowest BCUT2D eigenvalue weighted by Crippen LogP contribution is -1.95. The molecule has 4 heteroatoms. The second-order valence-corrected chi connectivity index (χ2v) is 4.66. The summed E-state index contributed by atoms with van der Waals surface area (Å²) in [6.45, 7) is 1.83. The van der Waals surface area contributed by atoms with Crippen LogP contribution in [0.3, 0.4) is 0 Å². The monoisotopic (exact) mass is 262 g/mol. The van der Waals surface area contributed by atoms with Gasteiger partial charge in [-0.1, -0.05) is 11.6 Å². The Balaban J connectivity index is 2.03. The van der Waals surface area contributed by atoms with E-state index in [4.69, 9.17) is 20.4 Å². The van der Waals surface area contributed by atoms with Crippen LogP contribution in [0.15, 0.2) is 45.4 Å². The number of hydrogen-bond donors (Lipinski definition) is 1. The average molecular weight is 263 g/mol. The molecule has 92 valence electrons. The second-order valence-electron chi connectivity index (χ2n) is 4.22. The lowest BCUT2D eigenvalue weighted by Gasteiger charge is -2.02. The third kappa shape index (κ3) is 1.92. The molecule has 18 heavy (non-hydrogen) atoms. The van der Waals surface area contributed by atoms with Gasteiger partial charge < -0.3 is 13.9 Å². The van der Waals surface area contributed by atoms with E-state index >= 15 is 0 Å². The van der Waals surface area contributed by atoms with Gasteiger partial charge in [0.15, 0.2) is 0 Å². The topological polar surface area (TPSA) is 46.5 Å². The maximum absolute atomic E-state index is 10.2. The van der Waals surface area contributed by atoms with Crippen LogP contribution in [0.25, 0.3) is 11.0 Å². The molecule has 1 unspecified atom stereocenters. The van der Waals surface area contributed by atoms with Crippen molar-refractivity contribution in [1.82, 2.24) is 0 Å². The molecule has 0 radical (unpaired) electrons. The molecule has 2 aromatic heterocycles. The first-order chi connectivity index (χ1) is 8.63. The van der Waals surface area contributed by atoms with E-state index in [9.17, 15) is 5.11 Å². The summed E-state index contributed by atoms with van der Waals surface area (Å²) in [7, 11) is 0. The summed E-state index contributed by atoms with van der Waals surface area (Å²) in [5, 5.41) is 11.7. The number of fused-ring (bicyclic) bond motifs is 1. The van der Waals surface area contributed by atoms with Crippen molar-refractivity contribution in [1.29, 1.82) is 0 Å². The fourth-order valence-electron chi connectivity index (χ4n) is 1.94. The van der Waals surface area contributed by atoms with Crippen LogP contribution >= 0.6 is 11.6 Å². The van der Waals surface area contributed by atoms with Gasteiger partial charge >= 0.3 is 0 Å².